The third kappa shape index (κ3) is 3.49. The van der Waals surface area contributed by atoms with Gasteiger partial charge in [-0.05, 0) is 24.3 Å². The van der Waals surface area contributed by atoms with Crippen LogP contribution in [0.2, 0.25) is 0 Å². The van der Waals surface area contributed by atoms with Gasteiger partial charge in [-0.25, -0.2) is 0 Å². The van der Waals surface area contributed by atoms with Crippen LogP contribution in [0.25, 0.3) is 0 Å². The topological polar surface area (TPSA) is 92.8 Å². The number of benzene rings is 1. The summed E-state index contributed by atoms with van der Waals surface area (Å²) in [5.41, 5.74) is 3.18. The third-order valence-corrected chi connectivity index (χ3v) is 4.02. The van der Waals surface area contributed by atoms with Crippen LogP contribution in [0.5, 0.6) is 0 Å². The van der Waals surface area contributed by atoms with Crippen molar-refractivity contribution in [1.29, 1.82) is 10.5 Å². The van der Waals surface area contributed by atoms with Gasteiger partial charge in [0.2, 0.25) is 0 Å². The van der Waals surface area contributed by atoms with Crippen LogP contribution in [-0.2, 0) is 13.0 Å². The Kier molecular flexibility index (Phi) is 4.73. The fourth-order valence-corrected chi connectivity index (χ4v) is 2.74. The molecule has 2 heterocycles. The van der Waals surface area contributed by atoms with Crippen LogP contribution in [0, 0.1) is 22.7 Å². The zero-order chi connectivity index (χ0) is 17.6. The highest BCUT2D eigenvalue weighted by molar-refractivity contribution is 6.00. The lowest BCUT2D eigenvalue weighted by atomic mass is 10.1. The first-order valence-corrected chi connectivity index (χ1v) is 7.81. The van der Waals surface area contributed by atoms with Gasteiger partial charge in [0.25, 0.3) is 5.91 Å². The molecule has 0 radical (unpaired) electrons. The minimum Gasteiger partial charge on any atom is -0.360 e. The molecule has 0 saturated heterocycles. The summed E-state index contributed by atoms with van der Waals surface area (Å²) < 4.78 is 0. The van der Waals surface area contributed by atoms with Crippen LogP contribution >= 0.6 is 0 Å². The van der Waals surface area contributed by atoms with Crippen molar-refractivity contribution in [1.82, 2.24) is 9.88 Å². The molecule has 6 heteroatoms. The van der Waals surface area contributed by atoms with Gasteiger partial charge in [-0.1, -0.05) is 12.1 Å². The van der Waals surface area contributed by atoms with Crippen molar-refractivity contribution in [2.45, 2.75) is 13.0 Å². The first-order valence-electron chi connectivity index (χ1n) is 7.81. The summed E-state index contributed by atoms with van der Waals surface area (Å²) in [5, 5.41) is 20.6. The standard InChI is InChI=1S/C19H15N5O/c20-10-14(11-21)12-23-18-6-3-5-16-17(18)13-24(19(16)25)9-7-15-4-1-2-8-22-15/h1-6,8,12,23H,7,9,13H2. The lowest BCUT2D eigenvalue weighted by Gasteiger charge is -2.15. The summed E-state index contributed by atoms with van der Waals surface area (Å²) in [4.78, 5) is 18.6. The summed E-state index contributed by atoms with van der Waals surface area (Å²) in [6, 6.07) is 14.7. The van der Waals surface area contributed by atoms with Gasteiger partial charge in [0.1, 0.15) is 17.7 Å². The molecule has 25 heavy (non-hydrogen) atoms. The number of amides is 1. The summed E-state index contributed by atoms with van der Waals surface area (Å²) in [7, 11) is 0. The molecule has 0 unspecified atom stereocenters. The zero-order valence-corrected chi connectivity index (χ0v) is 13.4. The fraction of sp³-hybridized carbons (Fsp3) is 0.158. The van der Waals surface area contributed by atoms with Crippen molar-refractivity contribution < 1.29 is 4.79 Å². The van der Waals surface area contributed by atoms with E-state index in [1.165, 1.54) is 6.20 Å². The number of nitriles is 2. The normalized spacial score (nSPS) is 12.1. The number of nitrogens with zero attached hydrogens (tertiary/aromatic N) is 4. The van der Waals surface area contributed by atoms with E-state index in [1.807, 2.05) is 24.3 Å². The molecule has 3 rings (SSSR count). The van der Waals surface area contributed by atoms with E-state index >= 15 is 0 Å². The maximum Gasteiger partial charge on any atom is 0.254 e. The predicted molar refractivity (Wildman–Crippen MR) is 92.1 cm³/mol. The minimum atomic E-state index is -0.0195. The van der Waals surface area contributed by atoms with Gasteiger partial charge in [-0.3, -0.25) is 9.78 Å². The van der Waals surface area contributed by atoms with Gasteiger partial charge in [0, 0.05) is 54.4 Å². The van der Waals surface area contributed by atoms with E-state index in [2.05, 4.69) is 10.3 Å². The Labute approximate surface area is 145 Å². The maximum absolute atomic E-state index is 12.6. The lowest BCUT2D eigenvalue weighted by Crippen LogP contribution is -2.26. The van der Waals surface area contributed by atoms with Gasteiger partial charge in [0.05, 0.1) is 0 Å². The second-order valence-corrected chi connectivity index (χ2v) is 5.56. The number of nitrogens with one attached hydrogen (secondary N) is 1. The molecule has 1 aromatic heterocycles. The number of carbonyl (C=O) groups is 1. The molecule has 1 aromatic carbocycles. The van der Waals surface area contributed by atoms with Gasteiger partial charge in [0.15, 0.2) is 0 Å². The Bertz CT molecular complexity index is 890. The van der Waals surface area contributed by atoms with Crippen molar-refractivity contribution in [3.05, 3.63) is 71.2 Å². The number of carbonyl (C=O) groups excluding carboxylic acids is 1. The van der Waals surface area contributed by atoms with Crippen LogP contribution in [-0.4, -0.2) is 22.3 Å². The largest absolute Gasteiger partial charge is 0.360 e. The Morgan fingerprint density at radius 3 is 2.80 bits per heavy atom. The van der Waals surface area contributed by atoms with E-state index < -0.39 is 0 Å². The quantitative estimate of drug-likeness (QED) is 0.851. The maximum atomic E-state index is 12.6. The van der Waals surface area contributed by atoms with Crippen molar-refractivity contribution >= 4 is 11.6 Å². The van der Waals surface area contributed by atoms with Crippen molar-refractivity contribution in [2.75, 3.05) is 11.9 Å². The number of allylic oxidation sites excluding steroid dienone is 1. The van der Waals surface area contributed by atoms with Crippen molar-refractivity contribution in [3.8, 4) is 12.1 Å². The number of aromatic nitrogens is 1. The van der Waals surface area contributed by atoms with E-state index in [9.17, 15) is 4.79 Å². The molecule has 0 spiro atoms. The second kappa shape index (κ2) is 7.29. The fourth-order valence-electron chi connectivity index (χ4n) is 2.74. The number of pyridine rings is 1. The highest BCUT2D eigenvalue weighted by Crippen LogP contribution is 2.29. The average Bonchev–Trinajstić information content (AvgIpc) is 2.98. The van der Waals surface area contributed by atoms with Crippen LogP contribution in [0.1, 0.15) is 21.6 Å². The highest BCUT2D eigenvalue weighted by atomic mass is 16.2. The minimum absolute atomic E-state index is 0.0145. The van der Waals surface area contributed by atoms with Crippen molar-refractivity contribution in [3.63, 3.8) is 0 Å². The molecule has 1 aliphatic rings. The van der Waals surface area contributed by atoms with Crippen LogP contribution < -0.4 is 5.32 Å². The molecule has 0 saturated carbocycles. The van der Waals surface area contributed by atoms with Gasteiger partial charge in [-0.2, -0.15) is 10.5 Å². The summed E-state index contributed by atoms with van der Waals surface area (Å²) in [5.74, 6) is -0.0145. The Balaban J connectivity index is 1.75. The number of anilines is 1. The molecular weight excluding hydrogens is 314 g/mol. The van der Waals surface area contributed by atoms with Crippen LogP contribution in [0.15, 0.2) is 54.4 Å². The third-order valence-electron chi connectivity index (χ3n) is 4.02. The molecule has 1 N–H and O–H groups in total. The Morgan fingerprint density at radius 1 is 1.24 bits per heavy atom. The molecule has 0 fully saturated rings. The van der Waals surface area contributed by atoms with Gasteiger partial charge < -0.3 is 10.2 Å². The van der Waals surface area contributed by atoms with E-state index in [-0.39, 0.29) is 11.5 Å². The molecule has 0 aliphatic carbocycles. The average molecular weight is 329 g/mol. The first-order chi connectivity index (χ1) is 12.2. The molecule has 122 valence electrons. The molecular formula is C19H15N5O. The molecule has 0 bridgehead atoms. The summed E-state index contributed by atoms with van der Waals surface area (Å²) in [6.45, 7) is 1.08. The molecule has 2 aromatic rings. The molecule has 1 amide bonds. The van der Waals surface area contributed by atoms with Gasteiger partial charge in [-0.15, -0.1) is 0 Å². The second-order valence-electron chi connectivity index (χ2n) is 5.56. The number of hydrogen-bond donors (Lipinski definition) is 1. The Hall–Kier alpha value is -3.64. The number of hydrogen-bond acceptors (Lipinski definition) is 5. The van der Waals surface area contributed by atoms with E-state index in [1.54, 1.807) is 35.4 Å². The zero-order valence-electron chi connectivity index (χ0n) is 13.4. The summed E-state index contributed by atoms with van der Waals surface area (Å²) >= 11 is 0. The molecule has 0 atom stereocenters. The highest BCUT2D eigenvalue weighted by Gasteiger charge is 2.28. The van der Waals surface area contributed by atoms with Crippen LogP contribution in [0.3, 0.4) is 0 Å². The Morgan fingerprint density at radius 2 is 2.08 bits per heavy atom. The lowest BCUT2D eigenvalue weighted by molar-refractivity contribution is 0.0780. The van der Waals surface area contributed by atoms with E-state index in [4.69, 9.17) is 10.5 Å². The van der Waals surface area contributed by atoms with E-state index in [0.29, 0.717) is 25.1 Å². The van der Waals surface area contributed by atoms with E-state index in [0.717, 1.165) is 16.9 Å². The summed E-state index contributed by atoms with van der Waals surface area (Å²) in [6.07, 6.45) is 3.79. The number of fused-ring (bicyclic) bond motifs is 1. The van der Waals surface area contributed by atoms with Crippen molar-refractivity contribution in [2.24, 2.45) is 0 Å². The number of rotatable bonds is 5. The monoisotopic (exact) mass is 329 g/mol. The first kappa shape index (κ1) is 16.2. The van der Waals surface area contributed by atoms with Crippen LogP contribution in [0.4, 0.5) is 5.69 Å². The smallest absolute Gasteiger partial charge is 0.254 e. The SMILES string of the molecule is N#CC(C#N)=CNc1cccc2c1CN(CCc1ccccn1)C2=O. The predicted octanol–water partition coefficient (Wildman–Crippen LogP) is 2.62. The molecule has 6 nitrogen and oxygen atoms in total. The molecule has 1 aliphatic heterocycles. The van der Waals surface area contributed by atoms with Gasteiger partial charge >= 0.3 is 0 Å².